The Kier molecular flexibility index (Phi) is 6.60. The minimum absolute atomic E-state index is 0. The number of likely N-dealkylation sites (tertiary alicyclic amines) is 1. The lowest BCUT2D eigenvalue weighted by molar-refractivity contribution is -0.0000827. The number of hydrogen-bond donors (Lipinski definition) is 0. The van der Waals surface area contributed by atoms with Crippen LogP contribution in [-0.2, 0) is 4.74 Å². The first-order valence-corrected chi connectivity index (χ1v) is 7.08. The molecule has 3 nitrogen and oxygen atoms in total. The summed E-state index contributed by atoms with van der Waals surface area (Å²) in [6.07, 6.45) is 1.94. The largest absolute Gasteiger partial charge is 1.00 e. The molecule has 0 amide bonds. The summed E-state index contributed by atoms with van der Waals surface area (Å²) in [5, 5.41) is 0.423. The van der Waals surface area contributed by atoms with Crippen LogP contribution in [-0.4, -0.2) is 37.1 Å². The summed E-state index contributed by atoms with van der Waals surface area (Å²) < 4.78 is 6.32. The Hall–Kier alpha value is -0.290. The predicted octanol–water partition coefficient (Wildman–Crippen LogP) is 0.357. The maximum Gasteiger partial charge on any atom is 0.340 e. The van der Waals surface area contributed by atoms with Gasteiger partial charge in [-0.15, -0.1) is 0 Å². The van der Waals surface area contributed by atoms with Crippen molar-refractivity contribution in [2.24, 2.45) is 0 Å². The van der Waals surface area contributed by atoms with E-state index in [0.29, 0.717) is 10.6 Å². The lowest BCUT2D eigenvalue weighted by atomic mass is 10.1. The third-order valence-corrected chi connectivity index (χ3v) is 3.83. The summed E-state index contributed by atoms with van der Waals surface area (Å²) in [4.78, 5) is 14.2. The number of carbonyl (C=O) groups excluding carboxylic acids is 1. The van der Waals surface area contributed by atoms with Gasteiger partial charge < -0.3 is 22.0 Å². The van der Waals surface area contributed by atoms with E-state index < -0.39 is 0 Å². The van der Waals surface area contributed by atoms with Crippen molar-refractivity contribution in [1.82, 2.24) is 4.90 Å². The molecule has 1 fully saturated rings. The molecule has 0 aromatic heterocycles. The van der Waals surface area contributed by atoms with Crippen molar-refractivity contribution in [2.75, 3.05) is 20.1 Å². The van der Waals surface area contributed by atoms with Gasteiger partial charge in [-0.2, -0.15) is 0 Å². The van der Waals surface area contributed by atoms with E-state index in [0.717, 1.165) is 30.4 Å². The Morgan fingerprint density at radius 3 is 2.95 bits per heavy atom. The van der Waals surface area contributed by atoms with Gasteiger partial charge in [-0.3, -0.25) is 0 Å². The zero-order chi connectivity index (χ0) is 13.1. The van der Waals surface area contributed by atoms with E-state index >= 15 is 0 Å². The third kappa shape index (κ3) is 4.63. The Morgan fingerprint density at radius 2 is 2.26 bits per heavy atom. The van der Waals surface area contributed by atoms with Crippen LogP contribution < -0.4 is 12.4 Å². The van der Waals surface area contributed by atoms with Crippen LogP contribution in [0.5, 0.6) is 0 Å². The highest BCUT2D eigenvalue weighted by atomic mass is 79.9. The Labute approximate surface area is 132 Å². The number of carbonyl (C=O) groups is 1. The number of ether oxygens (including phenoxy) is 1. The number of hydrogen-bond acceptors (Lipinski definition) is 3. The van der Waals surface area contributed by atoms with Crippen molar-refractivity contribution in [3.63, 3.8) is 0 Å². The van der Waals surface area contributed by atoms with E-state index in [-0.39, 0.29) is 24.5 Å². The average molecular weight is 368 g/mol. The van der Waals surface area contributed by atoms with Crippen molar-refractivity contribution < 1.29 is 21.9 Å². The lowest BCUT2D eigenvalue weighted by Crippen LogP contribution is -3.00. The molecule has 19 heavy (non-hydrogen) atoms. The van der Waals surface area contributed by atoms with Gasteiger partial charge in [-0.25, -0.2) is 4.79 Å². The van der Waals surface area contributed by atoms with Gasteiger partial charge in [0.1, 0.15) is 6.10 Å². The minimum Gasteiger partial charge on any atom is -1.00 e. The molecular formula is C13H15BrCl2NO2-. The SMILES string of the molecule is CN1CCCC(OC(=O)c2cc(Br)ccc2Cl)C1.[Cl-]. The van der Waals surface area contributed by atoms with Crippen molar-refractivity contribution in [3.05, 3.63) is 33.3 Å². The first-order chi connectivity index (χ1) is 8.56. The topological polar surface area (TPSA) is 29.5 Å². The summed E-state index contributed by atoms with van der Waals surface area (Å²) in [6.45, 7) is 1.85. The fourth-order valence-electron chi connectivity index (χ4n) is 2.08. The van der Waals surface area contributed by atoms with Gasteiger partial charge >= 0.3 is 5.97 Å². The predicted molar refractivity (Wildman–Crippen MR) is 75.1 cm³/mol. The van der Waals surface area contributed by atoms with Gasteiger partial charge in [0.25, 0.3) is 0 Å². The van der Waals surface area contributed by atoms with Gasteiger partial charge in [-0.05, 0) is 44.6 Å². The smallest absolute Gasteiger partial charge is 0.340 e. The second kappa shape index (κ2) is 7.48. The Morgan fingerprint density at radius 1 is 1.53 bits per heavy atom. The number of rotatable bonds is 2. The number of likely N-dealkylation sites (N-methyl/N-ethyl adjacent to an activating group) is 1. The highest BCUT2D eigenvalue weighted by Crippen LogP contribution is 2.23. The van der Waals surface area contributed by atoms with E-state index in [1.165, 1.54) is 0 Å². The van der Waals surface area contributed by atoms with E-state index in [1.54, 1.807) is 18.2 Å². The van der Waals surface area contributed by atoms with Gasteiger partial charge in [0.2, 0.25) is 0 Å². The zero-order valence-electron chi connectivity index (χ0n) is 10.5. The van der Waals surface area contributed by atoms with Gasteiger partial charge in [-0.1, -0.05) is 27.5 Å². The highest BCUT2D eigenvalue weighted by Gasteiger charge is 2.22. The summed E-state index contributed by atoms with van der Waals surface area (Å²) >= 11 is 9.33. The second-order valence-corrected chi connectivity index (χ2v) is 5.88. The molecule has 2 rings (SSSR count). The van der Waals surface area contributed by atoms with Crippen LogP contribution >= 0.6 is 27.5 Å². The van der Waals surface area contributed by atoms with Crippen LogP contribution in [0.3, 0.4) is 0 Å². The molecule has 1 aliphatic rings. The molecule has 6 heteroatoms. The fourth-order valence-corrected chi connectivity index (χ4v) is 2.64. The molecule has 1 unspecified atom stereocenters. The number of nitrogens with zero attached hydrogens (tertiary/aromatic N) is 1. The lowest BCUT2D eigenvalue weighted by Gasteiger charge is -2.29. The molecule has 106 valence electrons. The van der Waals surface area contributed by atoms with Gasteiger partial charge in [0.05, 0.1) is 10.6 Å². The molecule has 0 saturated carbocycles. The summed E-state index contributed by atoms with van der Waals surface area (Å²) in [5.41, 5.74) is 0.416. The molecule has 0 bridgehead atoms. The van der Waals surface area contributed by atoms with E-state index in [1.807, 2.05) is 7.05 Å². The van der Waals surface area contributed by atoms with Gasteiger partial charge in [0, 0.05) is 11.0 Å². The van der Waals surface area contributed by atoms with Gasteiger partial charge in [0.15, 0.2) is 0 Å². The molecule has 0 aliphatic carbocycles. The first kappa shape index (κ1) is 16.8. The fraction of sp³-hybridized carbons (Fsp3) is 0.462. The normalized spacial score (nSPS) is 19.6. The Bertz CT molecular complexity index is 456. The maximum atomic E-state index is 12.0. The molecule has 1 atom stereocenters. The average Bonchev–Trinajstić information content (AvgIpc) is 2.32. The summed E-state index contributed by atoms with van der Waals surface area (Å²) in [5.74, 6) is -0.346. The minimum atomic E-state index is -0.346. The third-order valence-electron chi connectivity index (χ3n) is 3.00. The van der Waals surface area contributed by atoms with E-state index in [9.17, 15) is 4.79 Å². The molecule has 1 saturated heterocycles. The zero-order valence-corrected chi connectivity index (χ0v) is 13.6. The van der Waals surface area contributed by atoms with Crippen molar-refractivity contribution >= 4 is 33.5 Å². The van der Waals surface area contributed by atoms with Crippen LogP contribution in [0.4, 0.5) is 0 Å². The number of halogens is 3. The first-order valence-electron chi connectivity index (χ1n) is 5.91. The number of piperidine rings is 1. The monoisotopic (exact) mass is 366 g/mol. The van der Waals surface area contributed by atoms with Crippen LogP contribution in [0.1, 0.15) is 23.2 Å². The molecule has 1 aliphatic heterocycles. The van der Waals surface area contributed by atoms with E-state index in [4.69, 9.17) is 16.3 Å². The van der Waals surface area contributed by atoms with Crippen molar-refractivity contribution in [1.29, 1.82) is 0 Å². The van der Waals surface area contributed by atoms with E-state index in [2.05, 4.69) is 20.8 Å². The second-order valence-electron chi connectivity index (χ2n) is 4.56. The molecule has 0 spiro atoms. The standard InChI is InChI=1S/C13H15BrClNO2.ClH/c1-16-6-2-3-10(8-16)18-13(17)11-7-9(14)4-5-12(11)15;/h4-5,7,10H,2-3,6,8H2,1H3;1H/p-1. The molecular weight excluding hydrogens is 353 g/mol. The Balaban J connectivity index is 0.00000180. The number of benzene rings is 1. The van der Waals surface area contributed by atoms with Crippen LogP contribution in [0.2, 0.25) is 5.02 Å². The van der Waals surface area contributed by atoms with Crippen molar-refractivity contribution in [2.45, 2.75) is 18.9 Å². The maximum absolute atomic E-state index is 12.0. The molecule has 1 aromatic carbocycles. The number of esters is 1. The molecule has 0 N–H and O–H groups in total. The quantitative estimate of drug-likeness (QED) is 0.707. The summed E-state index contributed by atoms with van der Waals surface area (Å²) in [7, 11) is 2.03. The van der Waals surface area contributed by atoms with Crippen molar-refractivity contribution in [3.8, 4) is 0 Å². The highest BCUT2D eigenvalue weighted by molar-refractivity contribution is 9.10. The molecule has 0 radical (unpaired) electrons. The summed E-state index contributed by atoms with van der Waals surface area (Å²) in [6, 6.07) is 5.18. The van der Waals surface area contributed by atoms with Crippen LogP contribution in [0.15, 0.2) is 22.7 Å². The molecule has 1 aromatic rings. The molecule has 1 heterocycles. The van der Waals surface area contributed by atoms with Crippen LogP contribution in [0, 0.1) is 0 Å². The van der Waals surface area contributed by atoms with Crippen LogP contribution in [0.25, 0.3) is 0 Å².